The number of aryl methyl sites for hydroxylation is 1. The van der Waals surface area contributed by atoms with Crippen LogP contribution < -0.4 is 14.8 Å². The molecule has 0 heterocycles. The highest BCUT2D eigenvalue weighted by Crippen LogP contribution is 2.33. The van der Waals surface area contributed by atoms with Crippen molar-refractivity contribution in [2.24, 2.45) is 5.92 Å². The van der Waals surface area contributed by atoms with Crippen LogP contribution in [-0.4, -0.2) is 20.8 Å². The predicted molar refractivity (Wildman–Crippen MR) is 84.0 cm³/mol. The molecule has 3 nitrogen and oxygen atoms in total. The summed E-state index contributed by atoms with van der Waals surface area (Å²) in [6, 6.07) is 4.07. The number of hydrogen-bond acceptors (Lipinski definition) is 3. The van der Waals surface area contributed by atoms with Gasteiger partial charge in [0.15, 0.2) is 11.5 Å². The van der Waals surface area contributed by atoms with E-state index in [1.165, 1.54) is 44.1 Å². The second kappa shape index (κ2) is 7.41. The Kier molecular flexibility index (Phi) is 5.57. The molecule has 0 atom stereocenters. The zero-order valence-electron chi connectivity index (χ0n) is 13.0. The summed E-state index contributed by atoms with van der Waals surface area (Å²) in [7, 11) is 3.35. The highest BCUT2D eigenvalue weighted by molar-refractivity contribution is 5.60. The number of hydrogen-bond donors (Lipinski definition) is 1. The molecule has 112 valence electrons. The molecule has 1 aromatic rings. The first-order valence-electron chi connectivity index (χ1n) is 7.71. The molecule has 0 unspecified atom stereocenters. The largest absolute Gasteiger partial charge is 0.493 e. The van der Waals surface area contributed by atoms with Gasteiger partial charge in [0.05, 0.1) is 14.2 Å². The summed E-state index contributed by atoms with van der Waals surface area (Å²) in [4.78, 5) is 0. The highest BCUT2D eigenvalue weighted by atomic mass is 16.5. The van der Waals surface area contributed by atoms with Crippen LogP contribution >= 0.6 is 0 Å². The quantitative estimate of drug-likeness (QED) is 0.836. The SMILES string of the molecule is COc1cc(C)c(NCCC2CCCCC2)cc1OC. The fourth-order valence-electron chi connectivity index (χ4n) is 3.06. The molecule has 0 aliphatic heterocycles. The van der Waals surface area contributed by atoms with Crippen LogP contribution in [0.4, 0.5) is 5.69 Å². The molecule has 0 bridgehead atoms. The van der Waals surface area contributed by atoms with Gasteiger partial charge in [-0.25, -0.2) is 0 Å². The van der Waals surface area contributed by atoms with Crippen molar-refractivity contribution in [1.29, 1.82) is 0 Å². The summed E-state index contributed by atoms with van der Waals surface area (Å²) in [6.45, 7) is 3.14. The van der Waals surface area contributed by atoms with E-state index in [2.05, 4.69) is 12.2 Å². The Bertz CT molecular complexity index is 425. The molecule has 1 fully saturated rings. The zero-order valence-corrected chi connectivity index (χ0v) is 13.0. The van der Waals surface area contributed by atoms with Gasteiger partial charge in [0.1, 0.15) is 0 Å². The first-order chi connectivity index (χ1) is 9.74. The summed E-state index contributed by atoms with van der Waals surface area (Å²) >= 11 is 0. The minimum absolute atomic E-state index is 0.790. The van der Waals surface area contributed by atoms with E-state index in [0.717, 1.165) is 29.6 Å². The molecule has 0 radical (unpaired) electrons. The van der Waals surface area contributed by atoms with E-state index in [1.54, 1.807) is 14.2 Å². The van der Waals surface area contributed by atoms with E-state index in [-0.39, 0.29) is 0 Å². The third-order valence-electron chi connectivity index (χ3n) is 4.32. The summed E-state index contributed by atoms with van der Waals surface area (Å²) in [5, 5.41) is 3.55. The van der Waals surface area contributed by atoms with Crippen LogP contribution in [0.2, 0.25) is 0 Å². The molecule has 1 aromatic carbocycles. The lowest BCUT2D eigenvalue weighted by atomic mass is 9.87. The van der Waals surface area contributed by atoms with E-state index in [0.29, 0.717) is 0 Å². The molecule has 1 saturated carbocycles. The number of nitrogens with one attached hydrogen (secondary N) is 1. The minimum atomic E-state index is 0.790. The van der Waals surface area contributed by atoms with Gasteiger partial charge in [-0.1, -0.05) is 32.1 Å². The van der Waals surface area contributed by atoms with Gasteiger partial charge in [0.2, 0.25) is 0 Å². The molecule has 3 heteroatoms. The molecule has 0 spiro atoms. The maximum Gasteiger partial charge on any atom is 0.162 e. The summed E-state index contributed by atoms with van der Waals surface area (Å²) < 4.78 is 10.7. The maximum absolute atomic E-state index is 5.36. The Morgan fingerprint density at radius 3 is 2.35 bits per heavy atom. The van der Waals surface area contributed by atoms with Crippen molar-refractivity contribution in [2.75, 3.05) is 26.1 Å². The molecular weight excluding hydrogens is 250 g/mol. The normalized spacial score (nSPS) is 15.9. The van der Waals surface area contributed by atoms with E-state index < -0.39 is 0 Å². The van der Waals surface area contributed by atoms with E-state index in [4.69, 9.17) is 9.47 Å². The van der Waals surface area contributed by atoms with Crippen molar-refractivity contribution in [1.82, 2.24) is 0 Å². The third kappa shape index (κ3) is 3.81. The lowest BCUT2D eigenvalue weighted by Gasteiger charge is -2.22. The van der Waals surface area contributed by atoms with Crippen LogP contribution in [0.1, 0.15) is 44.1 Å². The molecule has 0 saturated heterocycles. The van der Waals surface area contributed by atoms with Gasteiger partial charge < -0.3 is 14.8 Å². The molecule has 20 heavy (non-hydrogen) atoms. The van der Waals surface area contributed by atoms with Crippen LogP contribution in [-0.2, 0) is 0 Å². The van der Waals surface area contributed by atoms with Gasteiger partial charge >= 0.3 is 0 Å². The van der Waals surface area contributed by atoms with Gasteiger partial charge in [-0.15, -0.1) is 0 Å². The minimum Gasteiger partial charge on any atom is -0.493 e. The Morgan fingerprint density at radius 2 is 1.70 bits per heavy atom. The van der Waals surface area contributed by atoms with Crippen molar-refractivity contribution in [3.63, 3.8) is 0 Å². The molecule has 2 rings (SSSR count). The van der Waals surface area contributed by atoms with Crippen molar-refractivity contribution in [3.8, 4) is 11.5 Å². The standard InChI is InChI=1S/C17H27NO2/c1-13-11-16(19-2)17(20-3)12-15(13)18-10-9-14-7-5-4-6-8-14/h11-12,14,18H,4-10H2,1-3H3. The van der Waals surface area contributed by atoms with Crippen molar-refractivity contribution >= 4 is 5.69 Å². The average Bonchev–Trinajstić information content (AvgIpc) is 2.49. The van der Waals surface area contributed by atoms with Crippen LogP contribution in [0.5, 0.6) is 11.5 Å². The van der Waals surface area contributed by atoms with Gasteiger partial charge in [-0.2, -0.15) is 0 Å². The van der Waals surface area contributed by atoms with Gasteiger partial charge in [0.25, 0.3) is 0 Å². The van der Waals surface area contributed by atoms with Crippen LogP contribution in [0.3, 0.4) is 0 Å². The Morgan fingerprint density at radius 1 is 1.05 bits per heavy atom. The monoisotopic (exact) mass is 277 g/mol. The van der Waals surface area contributed by atoms with Crippen LogP contribution in [0.15, 0.2) is 12.1 Å². The van der Waals surface area contributed by atoms with Crippen molar-refractivity contribution < 1.29 is 9.47 Å². The third-order valence-corrected chi connectivity index (χ3v) is 4.32. The molecule has 1 aliphatic carbocycles. The van der Waals surface area contributed by atoms with Crippen LogP contribution in [0, 0.1) is 12.8 Å². The Hall–Kier alpha value is -1.38. The second-order valence-corrected chi connectivity index (χ2v) is 5.74. The predicted octanol–water partition coefficient (Wildman–Crippen LogP) is 4.39. The second-order valence-electron chi connectivity index (χ2n) is 5.74. The maximum atomic E-state index is 5.36. The molecule has 0 amide bonds. The lowest BCUT2D eigenvalue weighted by molar-refractivity contribution is 0.345. The zero-order chi connectivity index (χ0) is 14.4. The molecule has 0 aromatic heterocycles. The molecule has 1 N–H and O–H groups in total. The molecular formula is C17H27NO2. The number of methoxy groups -OCH3 is 2. The van der Waals surface area contributed by atoms with Crippen LogP contribution in [0.25, 0.3) is 0 Å². The average molecular weight is 277 g/mol. The van der Waals surface area contributed by atoms with E-state index >= 15 is 0 Å². The number of anilines is 1. The highest BCUT2D eigenvalue weighted by Gasteiger charge is 2.13. The summed E-state index contributed by atoms with van der Waals surface area (Å²) in [6.07, 6.45) is 8.35. The first-order valence-corrected chi connectivity index (χ1v) is 7.71. The topological polar surface area (TPSA) is 30.5 Å². The summed E-state index contributed by atoms with van der Waals surface area (Å²) in [5.74, 6) is 2.50. The van der Waals surface area contributed by atoms with Gasteiger partial charge in [-0.05, 0) is 30.9 Å². The fraction of sp³-hybridized carbons (Fsp3) is 0.647. The van der Waals surface area contributed by atoms with Gasteiger partial charge in [-0.3, -0.25) is 0 Å². The Balaban J connectivity index is 1.91. The van der Waals surface area contributed by atoms with Gasteiger partial charge in [0, 0.05) is 18.3 Å². The number of ether oxygens (including phenoxy) is 2. The number of rotatable bonds is 6. The lowest BCUT2D eigenvalue weighted by Crippen LogP contribution is -2.12. The van der Waals surface area contributed by atoms with Crippen molar-refractivity contribution in [2.45, 2.75) is 45.4 Å². The fourth-order valence-corrected chi connectivity index (χ4v) is 3.06. The first kappa shape index (κ1) is 15.0. The number of benzene rings is 1. The van der Waals surface area contributed by atoms with E-state index in [1.807, 2.05) is 12.1 Å². The Labute approximate surface area is 122 Å². The van der Waals surface area contributed by atoms with Crippen molar-refractivity contribution in [3.05, 3.63) is 17.7 Å². The smallest absolute Gasteiger partial charge is 0.162 e. The van der Waals surface area contributed by atoms with E-state index in [9.17, 15) is 0 Å². The molecule has 1 aliphatic rings. The summed E-state index contributed by atoms with van der Waals surface area (Å²) in [5.41, 5.74) is 2.35.